The average molecular weight is 233 g/mol. The van der Waals surface area contributed by atoms with Gasteiger partial charge in [-0.15, -0.1) is 0 Å². The number of thioether (sulfide) groups is 1. The molecule has 1 saturated heterocycles. The molecule has 16 heavy (non-hydrogen) atoms. The maximum absolute atomic E-state index is 5.98. The molecule has 2 aliphatic rings. The van der Waals surface area contributed by atoms with Crippen molar-refractivity contribution in [2.45, 2.75) is 12.1 Å². The van der Waals surface area contributed by atoms with Crippen molar-refractivity contribution >= 4 is 17.7 Å². The largest absolute Gasteiger partial charge is 0.370 e. The Labute approximate surface area is 99.7 Å². The number of rotatable bonds is 2. The molecular weight excluding hydrogens is 218 g/mol. The van der Waals surface area contributed by atoms with Crippen molar-refractivity contribution in [3.05, 3.63) is 35.9 Å². The van der Waals surface area contributed by atoms with Crippen LogP contribution in [0, 0.1) is 0 Å². The molecule has 0 amide bonds. The quantitative estimate of drug-likeness (QED) is 0.837. The molecule has 0 radical (unpaired) electrons. The molecule has 1 spiro atoms. The molecule has 2 aliphatic heterocycles. The first-order valence-corrected chi connectivity index (χ1v) is 6.65. The molecule has 3 nitrogen and oxygen atoms in total. The Morgan fingerprint density at radius 3 is 2.69 bits per heavy atom. The van der Waals surface area contributed by atoms with Crippen LogP contribution >= 0.6 is 11.8 Å². The van der Waals surface area contributed by atoms with E-state index < -0.39 is 0 Å². The van der Waals surface area contributed by atoms with Crippen molar-refractivity contribution in [3.63, 3.8) is 0 Å². The van der Waals surface area contributed by atoms with E-state index >= 15 is 0 Å². The van der Waals surface area contributed by atoms with Gasteiger partial charge in [0, 0.05) is 18.1 Å². The lowest BCUT2D eigenvalue weighted by atomic mass is 10.0. The molecule has 0 saturated carbocycles. The summed E-state index contributed by atoms with van der Waals surface area (Å²) < 4.78 is 0. The Bertz CT molecular complexity index is 412. The highest BCUT2D eigenvalue weighted by Crippen LogP contribution is 2.38. The van der Waals surface area contributed by atoms with E-state index in [9.17, 15) is 0 Å². The van der Waals surface area contributed by atoms with Gasteiger partial charge in [-0.3, -0.25) is 4.99 Å². The predicted molar refractivity (Wildman–Crippen MR) is 68.5 cm³/mol. The highest BCUT2D eigenvalue weighted by molar-refractivity contribution is 8.00. The summed E-state index contributed by atoms with van der Waals surface area (Å²) in [5.74, 6) is 3.03. The van der Waals surface area contributed by atoms with Crippen LogP contribution in [0.2, 0.25) is 0 Å². The zero-order chi connectivity index (χ0) is 11.0. The molecule has 0 unspecified atom stereocenters. The number of guanidine groups is 1. The first-order chi connectivity index (χ1) is 7.80. The summed E-state index contributed by atoms with van der Waals surface area (Å²) in [5.41, 5.74) is 7.51. The van der Waals surface area contributed by atoms with E-state index in [0.29, 0.717) is 5.96 Å². The molecule has 0 atom stereocenters. The van der Waals surface area contributed by atoms with Gasteiger partial charge in [0.25, 0.3) is 0 Å². The van der Waals surface area contributed by atoms with Crippen molar-refractivity contribution in [1.82, 2.24) is 4.90 Å². The van der Waals surface area contributed by atoms with Gasteiger partial charge in [0.05, 0.1) is 12.1 Å². The van der Waals surface area contributed by atoms with Gasteiger partial charge in [0.2, 0.25) is 0 Å². The maximum atomic E-state index is 5.98. The third-order valence-electron chi connectivity index (χ3n) is 3.31. The third-order valence-corrected chi connectivity index (χ3v) is 4.79. The molecule has 0 aliphatic carbocycles. The van der Waals surface area contributed by atoms with Crippen molar-refractivity contribution in [2.75, 3.05) is 18.1 Å². The SMILES string of the molecule is NC1=NCC2(CSC2)N1Cc1ccccc1. The lowest BCUT2D eigenvalue weighted by molar-refractivity contribution is 0.236. The van der Waals surface area contributed by atoms with Gasteiger partial charge < -0.3 is 10.6 Å². The second-order valence-electron chi connectivity index (χ2n) is 4.46. The minimum Gasteiger partial charge on any atom is -0.370 e. The molecular formula is C12H15N3S. The highest BCUT2D eigenvalue weighted by Gasteiger charge is 2.47. The van der Waals surface area contributed by atoms with Crippen LogP contribution in [-0.4, -0.2) is 34.4 Å². The van der Waals surface area contributed by atoms with Crippen LogP contribution in [0.4, 0.5) is 0 Å². The summed E-state index contributed by atoms with van der Waals surface area (Å²) in [4.78, 5) is 6.67. The number of nitrogens with two attached hydrogens (primary N) is 1. The van der Waals surface area contributed by atoms with E-state index in [1.807, 2.05) is 17.8 Å². The highest BCUT2D eigenvalue weighted by atomic mass is 32.2. The van der Waals surface area contributed by atoms with Crippen LogP contribution in [0.1, 0.15) is 5.56 Å². The minimum absolute atomic E-state index is 0.227. The van der Waals surface area contributed by atoms with E-state index in [-0.39, 0.29) is 5.54 Å². The van der Waals surface area contributed by atoms with Gasteiger partial charge in [-0.2, -0.15) is 11.8 Å². The molecule has 84 valence electrons. The molecule has 0 bridgehead atoms. The number of hydrogen-bond donors (Lipinski definition) is 1. The van der Waals surface area contributed by atoms with Crippen LogP contribution in [0.5, 0.6) is 0 Å². The summed E-state index contributed by atoms with van der Waals surface area (Å²) >= 11 is 1.98. The van der Waals surface area contributed by atoms with Gasteiger partial charge in [0.1, 0.15) is 0 Å². The molecule has 1 aromatic rings. The van der Waals surface area contributed by atoms with Crippen molar-refractivity contribution in [2.24, 2.45) is 10.7 Å². The number of aliphatic imine (C=N–C) groups is 1. The molecule has 1 fully saturated rings. The van der Waals surface area contributed by atoms with E-state index in [1.54, 1.807) is 0 Å². The summed E-state index contributed by atoms with van der Waals surface area (Å²) in [7, 11) is 0. The fraction of sp³-hybridized carbons (Fsp3) is 0.417. The Balaban J connectivity index is 1.80. The van der Waals surface area contributed by atoms with Gasteiger partial charge in [-0.1, -0.05) is 30.3 Å². The van der Waals surface area contributed by atoms with Crippen molar-refractivity contribution in [3.8, 4) is 0 Å². The van der Waals surface area contributed by atoms with Crippen molar-refractivity contribution in [1.29, 1.82) is 0 Å². The Morgan fingerprint density at radius 2 is 2.06 bits per heavy atom. The maximum Gasteiger partial charge on any atom is 0.192 e. The smallest absolute Gasteiger partial charge is 0.192 e. The van der Waals surface area contributed by atoms with Gasteiger partial charge in [-0.25, -0.2) is 0 Å². The van der Waals surface area contributed by atoms with E-state index in [4.69, 9.17) is 5.73 Å². The lowest BCUT2D eigenvalue weighted by Crippen LogP contribution is -2.59. The van der Waals surface area contributed by atoms with Crippen molar-refractivity contribution < 1.29 is 0 Å². The topological polar surface area (TPSA) is 41.6 Å². The van der Waals surface area contributed by atoms with E-state index in [1.165, 1.54) is 5.56 Å². The van der Waals surface area contributed by atoms with Crippen LogP contribution in [0.15, 0.2) is 35.3 Å². The predicted octanol–water partition coefficient (Wildman–Crippen LogP) is 1.30. The number of benzene rings is 1. The second kappa shape index (κ2) is 3.70. The number of nitrogens with zero attached hydrogens (tertiary/aromatic N) is 2. The molecule has 4 heteroatoms. The molecule has 3 rings (SSSR count). The Hall–Kier alpha value is -1.16. The van der Waals surface area contributed by atoms with Crippen LogP contribution in [-0.2, 0) is 6.54 Å². The molecule has 0 aromatic heterocycles. The minimum atomic E-state index is 0.227. The summed E-state index contributed by atoms with van der Waals surface area (Å²) in [5, 5.41) is 0. The van der Waals surface area contributed by atoms with E-state index in [0.717, 1.165) is 24.6 Å². The van der Waals surface area contributed by atoms with E-state index in [2.05, 4.69) is 34.2 Å². The number of hydrogen-bond acceptors (Lipinski definition) is 4. The fourth-order valence-electron chi connectivity index (χ4n) is 2.24. The standard InChI is InChI=1S/C12H15N3S/c13-11-14-7-12(8-16-9-12)15(11)6-10-4-2-1-3-5-10/h1-5H,6-9H2,(H2,13,14). The monoisotopic (exact) mass is 233 g/mol. The summed E-state index contributed by atoms with van der Waals surface area (Å²) in [6.07, 6.45) is 0. The molecule has 1 aromatic carbocycles. The molecule has 2 heterocycles. The fourth-order valence-corrected chi connectivity index (χ4v) is 3.41. The zero-order valence-electron chi connectivity index (χ0n) is 9.10. The van der Waals surface area contributed by atoms with Crippen LogP contribution in [0.25, 0.3) is 0 Å². The molecule has 2 N–H and O–H groups in total. The first-order valence-electron chi connectivity index (χ1n) is 5.49. The average Bonchev–Trinajstić information content (AvgIpc) is 2.58. The third kappa shape index (κ3) is 1.48. The lowest BCUT2D eigenvalue weighted by Gasteiger charge is -2.45. The summed E-state index contributed by atoms with van der Waals surface area (Å²) in [6.45, 7) is 1.76. The summed E-state index contributed by atoms with van der Waals surface area (Å²) in [6, 6.07) is 10.5. The van der Waals surface area contributed by atoms with Crippen LogP contribution in [0.3, 0.4) is 0 Å². The zero-order valence-corrected chi connectivity index (χ0v) is 9.91. The normalized spacial score (nSPS) is 22.0. The Morgan fingerprint density at radius 1 is 1.31 bits per heavy atom. The van der Waals surface area contributed by atoms with Crippen LogP contribution < -0.4 is 5.73 Å². The second-order valence-corrected chi connectivity index (χ2v) is 5.45. The van der Waals surface area contributed by atoms with Gasteiger partial charge in [0.15, 0.2) is 5.96 Å². The Kier molecular flexibility index (Phi) is 2.32. The van der Waals surface area contributed by atoms with Gasteiger partial charge >= 0.3 is 0 Å². The first kappa shape index (κ1) is 10.0. The van der Waals surface area contributed by atoms with Gasteiger partial charge in [-0.05, 0) is 5.56 Å².